The Bertz CT molecular complexity index is 957. The molecule has 1 N–H and O–H groups in total. The minimum atomic E-state index is -4.34. The van der Waals surface area contributed by atoms with Gasteiger partial charge in [0.2, 0.25) is 0 Å². The van der Waals surface area contributed by atoms with Gasteiger partial charge in [0.05, 0.1) is 18.0 Å². The number of thiazole rings is 1. The molecule has 0 radical (unpaired) electrons. The van der Waals surface area contributed by atoms with E-state index in [1.165, 1.54) is 11.3 Å². The lowest BCUT2D eigenvalue weighted by molar-refractivity contribution is -0.176. The summed E-state index contributed by atoms with van der Waals surface area (Å²) in [4.78, 5) is 21.7. The lowest BCUT2D eigenvalue weighted by Crippen LogP contribution is -2.22. The van der Waals surface area contributed by atoms with Crippen LogP contribution in [0.25, 0.3) is 10.7 Å². The van der Waals surface area contributed by atoms with Gasteiger partial charge in [-0.25, -0.2) is 4.98 Å². The predicted octanol–water partition coefficient (Wildman–Crippen LogP) is 4.52. The summed E-state index contributed by atoms with van der Waals surface area (Å²) in [5.41, 5.74) is 2.79. The smallest absolute Gasteiger partial charge is 0.367 e. The fraction of sp³-hybridized carbons (Fsp3) is 0.250. The minimum Gasteiger partial charge on any atom is -0.367 e. The van der Waals surface area contributed by atoms with Crippen molar-refractivity contribution in [1.82, 2.24) is 15.3 Å². The maximum Gasteiger partial charge on any atom is 0.411 e. The van der Waals surface area contributed by atoms with Crippen LogP contribution >= 0.6 is 11.3 Å². The van der Waals surface area contributed by atoms with E-state index >= 15 is 0 Å². The zero-order chi connectivity index (χ0) is 20.9. The predicted molar refractivity (Wildman–Crippen MR) is 103 cm³/mol. The quantitative estimate of drug-likeness (QED) is 0.609. The van der Waals surface area contributed by atoms with Gasteiger partial charge >= 0.3 is 6.18 Å². The number of ether oxygens (including phenoxy) is 1. The molecule has 2 aromatic heterocycles. The second kappa shape index (κ2) is 9.15. The van der Waals surface area contributed by atoms with Crippen molar-refractivity contribution >= 4 is 17.2 Å². The summed E-state index contributed by atoms with van der Waals surface area (Å²) in [5.74, 6) is -0.236. The highest BCUT2D eigenvalue weighted by molar-refractivity contribution is 7.17. The van der Waals surface area contributed by atoms with Crippen LogP contribution in [0.1, 0.15) is 26.5 Å². The van der Waals surface area contributed by atoms with Gasteiger partial charge in [0.15, 0.2) is 0 Å². The normalized spacial score (nSPS) is 11.4. The number of hydrogen-bond acceptors (Lipinski definition) is 5. The number of carbonyl (C=O) groups is 1. The Labute approximate surface area is 169 Å². The van der Waals surface area contributed by atoms with Crippen molar-refractivity contribution in [3.63, 3.8) is 0 Å². The summed E-state index contributed by atoms with van der Waals surface area (Å²) < 4.78 is 40.9. The van der Waals surface area contributed by atoms with Crippen molar-refractivity contribution in [2.75, 3.05) is 6.61 Å². The van der Waals surface area contributed by atoms with Crippen LogP contribution in [0.5, 0.6) is 0 Å². The van der Waals surface area contributed by atoms with Crippen molar-refractivity contribution in [2.24, 2.45) is 0 Å². The van der Waals surface area contributed by atoms with Gasteiger partial charge in [-0.05, 0) is 30.2 Å². The number of aryl methyl sites for hydroxylation is 1. The molecule has 0 fully saturated rings. The summed E-state index contributed by atoms with van der Waals surface area (Å²) in [6.07, 6.45) is -2.67. The van der Waals surface area contributed by atoms with Crippen LogP contribution in [0, 0.1) is 6.92 Å². The van der Waals surface area contributed by atoms with Crippen LogP contribution in [0.15, 0.2) is 48.7 Å². The Kier molecular flexibility index (Phi) is 6.60. The third kappa shape index (κ3) is 6.10. The summed E-state index contributed by atoms with van der Waals surface area (Å²) in [5, 5.41) is 3.51. The van der Waals surface area contributed by atoms with E-state index in [0.29, 0.717) is 33.4 Å². The van der Waals surface area contributed by atoms with Crippen molar-refractivity contribution in [1.29, 1.82) is 0 Å². The third-order valence-corrected chi connectivity index (χ3v) is 5.08. The van der Waals surface area contributed by atoms with Gasteiger partial charge in [-0.2, -0.15) is 13.2 Å². The van der Waals surface area contributed by atoms with Crippen LogP contribution in [0.3, 0.4) is 0 Å². The van der Waals surface area contributed by atoms with Crippen LogP contribution in [-0.2, 0) is 17.9 Å². The highest BCUT2D eigenvalue weighted by Crippen LogP contribution is 2.26. The van der Waals surface area contributed by atoms with Gasteiger partial charge in [-0.3, -0.25) is 9.78 Å². The lowest BCUT2D eigenvalue weighted by atomic mass is 10.1. The van der Waals surface area contributed by atoms with Gasteiger partial charge in [0.25, 0.3) is 5.91 Å². The summed E-state index contributed by atoms with van der Waals surface area (Å²) in [6.45, 7) is 0.661. The monoisotopic (exact) mass is 421 g/mol. The van der Waals surface area contributed by atoms with Crippen molar-refractivity contribution < 1.29 is 22.7 Å². The van der Waals surface area contributed by atoms with Crippen LogP contribution in [-0.4, -0.2) is 28.7 Å². The molecule has 3 rings (SSSR count). The number of alkyl halides is 3. The molecule has 9 heteroatoms. The minimum absolute atomic E-state index is 0.123. The molecule has 0 saturated carbocycles. The molecule has 0 bridgehead atoms. The third-order valence-electron chi connectivity index (χ3n) is 3.90. The van der Waals surface area contributed by atoms with E-state index in [0.717, 1.165) is 5.56 Å². The fourth-order valence-electron chi connectivity index (χ4n) is 2.51. The molecule has 3 aromatic rings. The molecule has 5 nitrogen and oxygen atoms in total. The van der Waals surface area contributed by atoms with E-state index in [4.69, 9.17) is 0 Å². The topological polar surface area (TPSA) is 64.1 Å². The Morgan fingerprint density at radius 2 is 1.86 bits per heavy atom. The first-order chi connectivity index (χ1) is 13.8. The SMILES string of the molecule is Cc1nc(-c2ccccn2)sc1C(=O)NCc1ccc(COCC(F)(F)F)cc1. The molecule has 0 aliphatic carbocycles. The Morgan fingerprint density at radius 1 is 1.14 bits per heavy atom. The molecule has 0 saturated heterocycles. The number of nitrogens with zero attached hydrogens (tertiary/aromatic N) is 2. The Morgan fingerprint density at radius 3 is 2.52 bits per heavy atom. The van der Waals surface area contributed by atoms with Gasteiger partial charge in [-0.1, -0.05) is 30.3 Å². The number of pyridine rings is 1. The molecule has 1 aromatic carbocycles. The summed E-state index contributed by atoms with van der Waals surface area (Å²) in [7, 11) is 0. The number of hydrogen-bond donors (Lipinski definition) is 1. The molecule has 29 heavy (non-hydrogen) atoms. The average Bonchev–Trinajstić information content (AvgIpc) is 3.09. The molecular formula is C20H18F3N3O2S. The van der Waals surface area contributed by atoms with E-state index in [9.17, 15) is 18.0 Å². The first kappa shape index (κ1) is 20.9. The molecule has 152 valence electrons. The largest absolute Gasteiger partial charge is 0.411 e. The maximum absolute atomic E-state index is 12.5. The highest BCUT2D eigenvalue weighted by Gasteiger charge is 2.27. The number of rotatable bonds is 7. The van der Waals surface area contributed by atoms with Gasteiger partial charge < -0.3 is 10.1 Å². The lowest BCUT2D eigenvalue weighted by Gasteiger charge is -2.08. The van der Waals surface area contributed by atoms with E-state index in [1.807, 2.05) is 18.2 Å². The zero-order valence-corrected chi connectivity index (χ0v) is 16.3. The van der Waals surface area contributed by atoms with Gasteiger partial charge in [-0.15, -0.1) is 11.3 Å². The molecule has 0 aliphatic rings. The number of amides is 1. The zero-order valence-electron chi connectivity index (χ0n) is 15.5. The number of carbonyl (C=O) groups excluding carboxylic acids is 1. The first-order valence-electron chi connectivity index (χ1n) is 8.71. The second-order valence-electron chi connectivity index (χ2n) is 6.26. The Hall–Kier alpha value is -2.78. The van der Waals surface area contributed by atoms with Crippen molar-refractivity contribution in [2.45, 2.75) is 26.3 Å². The van der Waals surface area contributed by atoms with Crippen LogP contribution in [0.2, 0.25) is 0 Å². The maximum atomic E-state index is 12.5. The molecule has 0 spiro atoms. The number of benzene rings is 1. The molecule has 2 heterocycles. The first-order valence-corrected chi connectivity index (χ1v) is 9.53. The number of halogens is 3. The number of aromatic nitrogens is 2. The molecule has 0 unspecified atom stereocenters. The van der Waals surface area contributed by atoms with Gasteiger partial charge in [0, 0.05) is 12.7 Å². The number of nitrogens with one attached hydrogen (secondary N) is 1. The average molecular weight is 421 g/mol. The highest BCUT2D eigenvalue weighted by atomic mass is 32.1. The Balaban J connectivity index is 1.55. The van der Waals surface area contributed by atoms with Crippen molar-refractivity contribution in [3.05, 3.63) is 70.4 Å². The fourth-order valence-corrected chi connectivity index (χ4v) is 3.47. The van der Waals surface area contributed by atoms with Crippen molar-refractivity contribution in [3.8, 4) is 10.7 Å². The summed E-state index contributed by atoms with van der Waals surface area (Å²) in [6, 6.07) is 12.3. The standard InChI is InChI=1S/C20H18F3N3O2S/c1-13-17(29-19(26-13)16-4-2-3-9-24-16)18(27)25-10-14-5-7-15(8-6-14)11-28-12-20(21,22)23/h2-9H,10-12H2,1H3,(H,25,27). The van der Waals surface area contributed by atoms with E-state index in [-0.39, 0.29) is 12.5 Å². The second-order valence-corrected chi connectivity index (χ2v) is 7.25. The summed E-state index contributed by atoms with van der Waals surface area (Å²) >= 11 is 1.28. The van der Waals surface area contributed by atoms with Gasteiger partial charge in [0.1, 0.15) is 16.5 Å². The molecule has 0 aliphatic heterocycles. The molecular weight excluding hydrogens is 403 g/mol. The van der Waals surface area contributed by atoms with Crippen LogP contribution < -0.4 is 5.32 Å². The van der Waals surface area contributed by atoms with E-state index in [1.54, 1.807) is 37.4 Å². The van der Waals surface area contributed by atoms with E-state index in [2.05, 4.69) is 20.0 Å². The molecule has 0 atom stereocenters. The molecule has 1 amide bonds. The van der Waals surface area contributed by atoms with Crippen LogP contribution in [0.4, 0.5) is 13.2 Å². The van der Waals surface area contributed by atoms with E-state index < -0.39 is 12.8 Å².